The molecule has 0 bridgehead atoms. The highest BCUT2D eigenvalue weighted by atomic mass is 16.5. The molecular weight excluding hydrogens is 268 g/mol. The maximum atomic E-state index is 12.9. The van der Waals surface area contributed by atoms with Gasteiger partial charge in [-0.05, 0) is 25.7 Å². The third kappa shape index (κ3) is 2.83. The van der Waals surface area contributed by atoms with E-state index >= 15 is 0 Å². The van der Waals surface area contributed by atoms with Crippen LogP contribution in [0.5, 0.6) is 0 Å². The third-order valence-corrected chi connectivity index (χ3v) is 5.42. The van der Waals surface area contributed by atoms with Gasteiger partial charge in [-0.1, -0.05) is 13.8 Å². The molecule has 2 aliphatic rings. The summed E-state index contributed by atoms with van der Waals surface area (Å²) in [5.74, 6) is 0.520. The Morgan fingerprint density at radius 3 is 2.71 bits per heavy atom. The van der Waals surface area contributed by atoms with Gasteiger partial charge in [0.05, 0.1) is 12.7 Å². The molecule has 2 rings (SSSR count). The Morgan fingerprint density at radius 1 is 1.43 bits per heavy atom. The van der Waals surface area contributed by atoms with Crippen molar-refractivity contribution in [3.63, 3.8) is 0 Å². The van der Waals surface area contributed by atoms with E-state index in [0.717, 1.165) is 25.9 Å². The van der Waals surface area contributed by atoms with Crippen LogP contribution in [-0.2, 0) is 14.3 Å². The van der Waals surface area contributed by atoms with Crippen molar-refractivity contribution in [2.45, 2.75) is 51.7 Å². The first-order valence-electron chi connectivity index (χ1n) is 8.05. The molecule has 3 unspecified atom stereocenters. The normalized spacial score (nSPS) is 35.4. The smallest absolute Gasteiger partial charge is 0.243 e. The van der Waals surface area contributed by atoms with Crippen LogP contribution in [0.15, 0.2) is 0 Å². The van der Waals surface area contributed by atoms with E-state index in [-0.39, 0.29) is 17.4 Å². The molecule has 21 heavy (non-hydrogen) atoms. The molecule has 122 valence electrons. The van der Waals surface area contributed by atoms with Crippen molar-refractivity contribution in [1.82, 2.24) is 4.90 Å². The molecule has 0 spiro atoms. The zero-order valence-electron chi connectivity index (χ0n) is 13.9. The number of rotatable bonds is 5. The quantitative estimate of drug-likeness (QED) is 0.833. The highest BCUT2D eigenvalue weighted by Gasteiger charge is 2.63. The van der Waals surface area contributed by atoms with Gasteiger partial charge in [-0.15, -0.1) is 0 Å². The van der Waals surface area contributed by atoms with E-state index in [0.29, 0.717) is 25.6 Å². The Hall–Kier alpha value is -0.650. The standard InChI is InChI=1S/C16H30N2O3/c1-5-21-13-9-16(17,15(13,2)3)14(19)18-8-6-7-12(10-18)11-20-4/h12-13H,5-11,17H2,1-4H3. The highest BCUT2D eigenvalue weighted by molar-refractivity contribution is 5.89. The van der Waals surface area contributed by atoms with Crippen LogP contribution in [0, 0.1) is 11.3 Å². The number of likely N-dealkylation sites (tertiary alicyclic amines) is 1. The molecule has 0 aromatic carbocycles. The predicted octanol–water partition coefficient (Wildman–Crippen LogP) is 1.40. The monoisotopic (exact) mass is 298 g/mol. The van der Waals surface area contributed by atoms with Crippen molar-refractivity contribution in [2.24, 2.45) is 17.1 Å². The lowest BCUT2D eigenvalue weighted by Gasteiger charge is -2.59. The molecule has 1 aliphatic heterocycles. The van der Waals surface area contributed by atoms with Crippen molar-refractivity contribution in [2.75, 3.05) is 33.4 Å². The van der Waals surface area contributed by atoms with Crippen molar-refractivity contribution in [1.29, 1.82) is 0 Å². The van der Waals surface area contributed by atoms with Crippen molar-refractivity contribution in [3.05, 3.63) is 0 Å². The Labute approximate surface area is 128 Å². The van der Waals surface area contributed by atoms with Crippen LogP contribution in [0.4, 0.5) is 0 Å². The summed E-state index contributed by atoms with van der Waals surface area (Å²) in [4.78, 5) is 14.9. The molecule has 5 nitrogen and oxygen atoms in total. The Bertz CT molecular complexity index is 384. The number of hydrogen-bond donors (Lipinski definition) is 1. The fraction of sp³-hybridized carbons (Fsp3) is 0.938. The van der Waals surface area contributed by atoms with Gasteiger partial charge in [0, 0.05) is 38.6 Å². The molecule has 1 heterocycles. The van der Waals surface area contributed by atoms with Crippen LogP contribution in [0.3, 0.4) is 0 Å². The Balaban J connectivity index is 2.02. The molecule has 0 aromatic heterocycles. The van der Waals surface area contributed by atoms with Gasteiger partial charge in [-0.25, -0.2) is 0 Å². The average Bonchev–Trinajstić information content (AvgIpc) is 2.46. The van der Waals surface area contributed by atoms with E-state index in [1.807, 2.05) is 25.7 Å². The first kappa shape index (κ1) is 16.7. The zero-order chi connectivity index (χ0) is 15.7. The van der Waals surface area contributed by atoms with Gasteiger partial charge >= 0.3 is 0 Å². The third-order valence-electron chi connectivity index (χ3n) is 5.42. The molecule has 0 aromatic rings. The van der Waals surface area contributed by atoms with Crippen LogP contribution in [0.25, 0.3) is 0 Å². The Morgan fingerprint density at radius 2 is 2.14 bits per heavy atom. The minimum Gasteiger partial charge on any atom is -0.384 e. The summed E-state index contributed by atoms with van der Waals surface area (Å²) in [6, 6.07) is 0. The number of carbonyl (C=O) groups excluding carboxylic acids is 1. The van der Waals surface area contributed by atoms with E-state index in [1.165, 1.54) is 0 Å². The number of methoxy groups -OCH3 is 1. The van der Waals surface area contributed by atoms with Crippen LogP contribution in [0.1, 0.15) is 40.0 Å². The summed E-state index contributed by atoms with van der Waals surface area (Å²) >= 11 is 0. The van der Waals surface area contributed by atoms with Crippen molar-refractivity contribution < 1.29 is 14.3 Å². The van der Waals surface area contributed by atoms with E-state index < -0.39 is 5.54 Å². The fourth-order valence-corrected chi connectivity index (χ4v) is 3.70. The van der Waals surface area contributed by atoms with Gasteiger partial charge in [0.25, 0.3) is 0 Å². The second-order valence-corrected chi connectivity index (χ2v) is 7.06. The summed E-state index contributed by atoms with van der Waals surface area (Å²) in [6.45, 7) is 9.03. The SMILES string of the molecule is CCOC1CC(N)(C(=O)N2CCCC(COC)C2)C1(C)C. The topological polar surface area (TPSA) is 64.8 Å². The van der Waals surface area contributed by atoms with Gasteiger partial charge in [0.1, 0.15) is 5.54 Å². The van der Waals surface area contributed by atoms with Gasteiger partial charge in [-0.3, -0.25) is 4.79 Å². The molecule has 2 N–H and O–H groups in total. The summed E-state index contributed by atoms with van der Waals surface area (Å²) in [7, 11) is 1.72. The Kier molecular flexibility index (Phi) is 4.96. The lowest BCUT2D eigenvalue weighted by molar-refractivity contribution is -0.180. The minimum atomic E-state index is -0.790. The molecule has 1 amide bonds. The van der Waals surface area contributed by atoms with Gasteiger partial charge in [-0.2, -0.15) is 0 Å². The number of carbonyl (C=O) groups is 1. The van der Waals surface area contributed by atoms with Crippen molar-refractivity contribution in [3.8, 4) is 0 Å². The minimum absolute atomic E-state index is 0.0796. The predicted molar refractivity (Wildman–Crippen MR) is 81.9 cm³/mol. The number of hydrogen-bond acceptors (Lipinski definition) is 4. The van der Waals surface area contributed by atoms with Crippen LogP contribution < -0.4 is 5.73 Å². The first-order valence-corrected chi connectivity index (χ1v) is 8.05. The molecule has 0 radical (unpaired) electrons. The molecule has 1 saturated carbocycles. The second-order valence-electron chi connectivity index (χ2n) is 7.06. The summed E-state index contributed by atoms with van der Waals surface area (Å²) in [6.07, 6.45) is 2.86. The largest absolute Gasteiger partial charge is 0.384 e. The molecule has 1 saturated heterocycles. The highest BCUT2D eigenvalue weighted by Crippen LogP contribution is 2.50. The maximum Gasteiger partial charge on any atom is 0.243 e. The molecule has 1 aliphatic carbocycles. The van der Waals surface area contributed by atoms with E-state index in [4.69, 9.17) is 15.2 Å². The number of piperidine rings is 1. The van der Waals surface area contributed by atoms with Crippen molar-refractivity contribution >= 4 is 5.91 Å². The number of ether oxygens (including phenoxy) is 2. The lowest BCUT2D eigenvalue weighted by Crippen LogP contribution is -2.76. The van der Waals surface area contributed by atoms with Crippen LogP contribution in [0.2, 0.25) is 0 Å². The average molecular weight is 298 g/mol. The zero-order valence-corrected chi connectivity index (χ0v) is 13.9. The summed E-state index contributed by atoms with van der Waals surface area (Å²) in [5.41, 5.74) is 5.39. The van der Waals surface area contributed by atoms with Gasteiger partial charge in [0.2, 0.25) is 5.91 Å². The number of nitrogens with two attached hydrogens (primary N) is 1. The van der Waals surface area contributed by atoms with Gasteiger partial charge in [0.15, 0.2) is 0 Å². The molecular formula is C16H30N2O3. The number of nitrogens with zero attached hydrogens (tertiary/aromatic N) is 1. The first-order chi connectivity index (χ1) is 9.86. The molecule has 2 fully saturated rings. The maximum absolute atomic E-state index is 12.9. The second kappa shape index (κ2) is 6.23. The van der Waals surface area contributed by atoms with E-state index in [2.05, 4.69) is 0 Å². The van der Waals surface area contributed by atoms with Crippen LogP contribution >= 0.6 is 0 Å². The fourth-order valence-electron chi connectivity index (χ4n) is 3.70. The summed E-state index contributed by atoms with van der Waals surface area (Å²) < 4.78 is 11.0. The number of amides is 1. The van der Waals surface area contributed by atoms with E-state index in [9.17, 15) is 4.79 Å². The summed E-state index contributed by atoms with van der Waals surface area (Å²) in [5, 5.41) is 0. The van der Waals surface area contributed by atoms with E-state index in [1.54, 1.807) is 7.11 Å². The molecule has 5 heteroatoms. The lowest BCUT2D eigenvalue weighted by atomic mass is 9.54. The molecule has 3 atom stereocenters. The van der Waals surface area contributed by atoms with Gasteiger partial charge < -0.3 is 20.1 Å². The van der Waals surface area contributed by atoms with Crippen LogP contribution in [-0.4, -0.2) is 55.9 Å².